The van der Waals surface area contributed by atoms with Crippen molar-refractivity contribution in [2.24, 2.45) is 0 Å². The van der Waals surface area contributed by atoms with Gasteiger partial charge in [0, 0.05) is 24.2 Å². The van der Waals surface area contributed by atoms with Gasteiger partial charge in [0.25, 0.3) is 0 Å². The number of benzene rings is 1. The normalized spacial score (nSPS) is 10.6. The number of nitrogens with zero attached hydrogens (tertiary/aromatic N) is 2. The third-order valence-corrected chi connectivity index (χ3v) is 3.36. The van der Waals surface area contributed by atoms with Crippen LogP contribution in [-0.2, 0) is 17.6 Å². The van der Waals surface area contributed by atoms with Crippen LogP contribution in [0.25, 0.3) is 0 Å². The Kier molecular flexibility index (Phi) is 4.62. The summed E-state index contributed by atoms with van der Waals surface area (Å²) in [5, 5.41) is 8.75. The summed E-state index contributed by atoms with van der Waals surface area (Å²) >= 11 is 0. The Hall–Kier alpha value is -2.30. The molecular formula is C16H17FN2O2. The molecule has 1 aromatic heterocycles. The average molecular weight is 288 g/mol. The van der Waals surface area contributed by atoms with Crippen LogP contribution in [0.15, 0.2) is 24.3 Å². The van der Waals surface area contributed by atoms with Crippen molar-refractivity contribution < 1.29 is 14.3 Å². The predicted octanol–water partition coefficient (Wildman–Crippen LogP) is 2.84. The van der Waals surface area contributed by atoms with Crippen LogP contribution in [0.2, 0.25) is 0 Å². The number of rotatable bonds is 5. The highest BCUT2D eigenvalue weighted by Crippen LogP contribution is 2.16. The zero-order chi connectivity index (χ0) is 15.4. The lowest BCUT2D eigenvalue weighted by Gasteiger charge is -2.10. The topological polar surface area (TPSA) is 63.1 Å². The van der Waals surface area contributed by atoms with Crippen LogP contribution >= 0.6 is 0 Å². The molecule has 0 atom stereocenters. The molecule has 110 valence electrons. The molecule has 0 saturated heterocycles. The lowest BCUT2D eigenvalue weighted by molar-refractivity contribution is -0.136. The van der Waals surface area contributed by atoms with E-state index in [0.29, 0.717) is 24.2 Å². The average Bonchev–Trinajstić information content (AvgIpc) is 2.40. The Balaban J connectivity index is 2.23. The Bertz CT molecular complexity index is 648. The lowest BCUT2D eigenvalue weighted by atomic mass is 10.1. The zero-order valence-corrected chi connectivity index (χ0v) is 12.1. The smallest absolute Gasteiger partial charge is 0.303 e. The minimum absolute atomic E-state index is 0.0533. The maximum atomic E-state index is 13.6. The van der Waals surface area contributed by atoms with Gasteiger partial charge in [0.15, 0.2) is 0 Å². The molecule has 1 aromatic carbocycles. The minimum Gasteiger partial charge on any atom is -0.481 e. The maximum Gasteiger partial charge on any atom is 0.303 e. The summed E-state index contributed by atoms with van der Waals surface area (Å²) in [7, 11) is 0. The lowest BCUT2D eigenvalue weighted by Crippen LogP contribution is -2.08. The molecule has 0 bridgehead atoms. The summed E-state index contributed by atoms with van der Waals surface area (Å²) in [5.74, 6) is -0.565. The van der Waals surface area contributed by atoms with Gasteiger partial charge in [0.05, 0.1) is 0 Å². The fourth-order valence-electron chi connectivity index (χ4n) is 2.29. The van der Waals surface area contributed by atoms with Gasteiger partial charge in [-0.1, -0.05) is 18.2 Å². The summed E-state index contributed by atoms with van der Waals surface area (Å²) in [4.78, 5) is 19.4. The van der Waals surface area contributed by atoms with E-state index in [-0.39, 0.29) is 12.2 Å². The third-order valence-electron chi connectivity index (χ3n) is 3.36. The first kappa shape index (κ1) is 15.1. The van der Waals surface area contributed by atoms with Crippen LogP contribution in [0, 0.1) is 19.7 Å². The first-order valence-corrected chi connectivity index (χ1v) is 6.75. The monoisotopic (exact) mass is 288 g/mol. The summed E-state index contributed by atoms with van der Waals surface area (Å²) in [6, 6.07) is 6.54. The molecule has 0 aliphatic heterocycles. The molecule has 1 N–H and O–H groups in total. The van der Waals surface area contributed by atoms with Crippen molar-refractivity contribution in [3.05, 3.63) is 58.4 Å². The number of carboxylic acid groups (broad SMARTS) is 1. The van der Waals surface area contributed by atoms with Crippen molar-refractivity contribution in [3.8, 4) is 0 Å². The summed E-state index contributed by atoms with van der Waals surface area (Å²) in [6.45, 7) is 3.66. The quantitative estimate of drug-likeness (QED) is 0.919. The van der Waals surface area contributed by atoms with Gasteiger partial charge >= 0.3 is 5.97 Å². The molecule has 0 saturated carbocycles. The van der Waals surface area contributed by atoms with Gasteiger partial charge in [0.2, 0.25) is 0 Å². The third kappa shape index (κ3) is 3.84. The number of aryl methyl sites for hydroxylation is 2. The van der Waals surface area contributed by atoms with Gasteiger partial charge in [-0.3, -0.25) is 4.79 Å². The van der Waals surface area contributed by atoms with Crippen molar-refractivity contribution in [1.82, 2.24) is 9.97 Å². The molecule has 0 amide bonds. The highest BCUT2D eigenvalue weighted by atomic mass is 19.1. The zero-order valence-electron chi connectivity index (χ0n) is 12.1. The first-order valence-electron chi connectivity index (χ1n) is 6.75. The van der Waals surface area contributed by atoms with E-state index in [9.17, 15) is 9.18 Å². The van der Waals surface area contributed by atoms with Crippen LogP contribution in [0.1, 0.15) is 34.8 Å². The number of carbonyl (C=O) groups is 1. The van der Waals surface area contributed by atoms with Crippen molar-refractivity contribution in [3.63, 3.8) is 0 Å². The number of aliphatic carboxylic acids is 1. The summed E-state index contributed by atoms with van der Waals surface area (Å²) < 4.78 is 13.6. The van der Waals surface area contributed by atoms with Crippen LogP contribution in [0.3, 0.4) is 0 Å². The molecule has 1 heterocycles. The minimum atomic E-state index is -0.843. The van der Waals surface area contributed by atoms with Gasteiger partial charge in [-0.2, -0.15) is 0 Å². The van der Waals surface area contributed by atoms with Crippen LogP contribution in [0.4, 0.5) is 4.39 Å². The van der Waals surface area contributed by atoms with Crippen molar-refractivity contribution in [1.29, 1.82) is 0 Å². The Morgan fingerprint density at radius 3 is 2.38 bits per heavy atom. The predicted molar refractivity (Wildman–Crippen MR) is 76.7 cm³/mol. The van der Waals surface area contributed by atoms with Gasteiger partial charge < -0.3 is 5.11 Å². The second-order valence-corrected chi connectivity index (χ2v) is 4.95. The number of hydrogen-bond donors (Lipinski definition) is 1. The molecule has 21 heavy (non-hydrogen) atoms. The van der Waals surface area contributed by atoms with Gasteiger partial charge in [-0.15, -0.1) is 0 Å². The standard InChI is InChI=1S/C16H17FN2O2/c1-10-13(7-8-16(20)21)11(2)19-15(18-10)9-12-5-3-4-6-14(12)17/h3-6H,7-9H2,1-2H3,(H,20,21). The van der Waals surface area contributed by atoms with E-state index >= 15 is 0 Å². The van der Waals surface area contributed by atoms with Crippen molar-refractivity contribution in [2.75, 3.05) is 0 Å². The molecule has 0 aliphatic carbocycles. The molecule has 5 heteroatoms. The highest BCUT2D eigenvalue weighted by Gasteiger charge is 2.11. The SMILES string of the molecule is Cc1nc(Cc2ccccc2F)nc(C)c1CCC(=O)O. The largest absolute Gasteiger partial charge is 0.481 e. The fourth-order valence-corrected chi connectivity index (χ4v) is 2.29. The van der Waals surface area contributed by atoms with Crippen LogP contribution < -0.4 is 0 Å². The fraction of sp³-hybridized carbons (Fsp3) is 0.312. The Morgan fingerprint density at radius 1 is 1.19 bits per heavy atom. The molecule has 0 aliphatic rings. The maximum absolute atomic E-state index is 13.6. The molecular weight excluding hydrogens is 271 g/mol. The van der Waals surface area contributed by atoms with E-state index < -0.39 is 5.97 Å². The van der Waals surface area contributed by atoms with Crippen LogP contribution in [-0.4, -0.2) is 21.0 Å². The second-order valence-electron chi connectivity index (χ2n) is 4.95. The highest BCUT2D eigenvalue weighted by molar-refractivity contribution is 5.67. The van der Waals surface area contributed by atoms with Gasteiger partial charge in [-0.25, -0.2) is 14.4 Å². The van der Waals surface area contributed by atoms with E-state index in [1.165, 1.54) is 6.07 Å². The van der Waals surface area contributed by atoms with E-state index in [1.807, 2.05) is 13.8 Å². The molecule has 4 nitrogen and oxygen atoms in total. The van der Waals surface area contributed by atoms with E-state index in [0.717, 1.165) is 17.0 Å². The summed E-state index contributed by atoms with van der Waals surface area (Å²) in [6.07, 6.45) is 0.790. The molecule has 2 rings (SSSR count). The van der Waals surface area contributed by atoms with E-state index in [1.54, 1.807) is 18.2 Å². The number of aromatic nitrogens is 2. The van der Waals surface area contributed by atoms with Gasteiger partial charge in [-0.05, 0) is 37.5 Å². The summed E-state index contributed by atoms with van der Waals surface area (Å²) in [5.41, 5.74) is 2.93. The van der Waals surface area contributed by atoms with E-state index in [4.69, 9.17) is 5.11 Å². The van der Waals surface area contributed by atoms with Crippen molar-refractivity contribution >= 4 is 5.97 Å². The van der Waals surface area contributed by atoms with Crippen molar-refractivity contribution in [2.45, 2.75) is 33.1 Å². The molecule has 0 unspecified atom stereocenters. The number of hydrogen-bond acceptors (Lipinski definition) is 3. The van der Waals surface area contributed by atoms with E-state index in [2.05, 4.69) is 9.97 Å². The van der Waals surface area contributed by atoms with Crippen LogP contribution in [0.5, 0.6) is 0 Å². The number of halogens is 1. The number of carboxylic acids is 1. The Morgan fingerprint density at radius 2 is 1.81 bits per heavy atom. The molecule has 0 spiro atoms. The molecule has 0 radical (unpaired) electrons. The molecule has 2 aromatic rings. The second kappa shape index (κ2) is 6.43. The Labute approximate surface area is 122 Å². The first-order chi connectivity index (χ1) is 9.97. The molecule has 0 fully saturated rings. The van der Waals surface area contributed by atoms with Gasteiger partial charge in [0.1, 0.15) is 11.6 Å².